The largest absolute Gasteiger partial charge is 0.462 e. The molecule has 0 aromatic rings. The molecule has 0 amide bonds. The second kappa shape index (κ2) is 66.3. The first-order valence-electron chi connectivity index (χ1n) is 33.0. The van der Waals surface area contributed by atoms with Gasteiger partial charge in [-0.15, -0.1) is 0 Å². The molecule has 0 fully saturated rings. The third kappa shape index (κ3) is 64.5. The molecule has 0 heterocycles. The molecule has 0 spiro atoms. The van der Waals surface area contributed by atoms with Gasteiger partial charge in [0.15, 0.2) is 6.10 Å². The first-order chi connectivity index (χ1) is 39.0. The van der Waals surface area contributed by atoms with Gasteiger partial charge in [-0.05, 0) is 96.3 Å². The highest BCUT2D eigenvalue weighted by Crippen LogP contribution is 2.16. The highest BCUT2D eigenvalue weighted by atomic mass is 16.6. The highest BCUT2D eigenvalue weighted by molar-refractivity contribution is 5.71. The number of hydrogen-bond acceptors (Lipinski definition) is 6. The monoisotopic (exact) mass is 1090 g/mol. The quantitative estimate of drug-likeness (QED) is 0.0261. The van der Waals surface area contributed by atoms with Gasteiger partial charge in [0.05, 0.1) is 0 Å². The Hall–Kier alpha value is -4.19. The molecular formula is C73H122O6. The molecule has 0 N–H and O–H groups in total. The number of allylic oxidation sites excluding steroid dienone is 20. The Labute approximate surface area is 488 Å². The lowest BCUT2D eigenvalue weighted by molar-refractivity contribution is -0.167. The van der Waals surface area contributed by atoms with E-state index in [4.69, 9.17) is 14.2 Å². The van der Waals surface area contributed by atoms with E-state index in [9.17, 15) is 14.4 Å². The van der Waals surface area contributed by atoms with E-state index in [1.807, 2.05) is 0 Å². The van der Waals surface area contributed by atoms with Crippen molar-refractivity contribution in [1.82, 2.24) is 0 Å². The standard InChI is InChI=1S/C73H122O6/c1-4-7-10-13-16-18-20-22-24-26-28-30-31-32-33-34-35-36-37-38-39-40-41-42-43-44-46-47-49-51-53-55-57-60-63-66-72(75)78-69-70(68-77-71(74)65-62-59-15-12-9-6-3)79-73(76)67-64-61-58-56-54-52-50-48-45-29-27-25-23-21-19-17-14-11-8-5-2/h7,10,16,18,22,24,28,30,32-33,35-36,38-39,41-42,44,46,49,51,70H,4-6,8-9,11-15,17,19-21,23,25-27,29,31,34,37,40,43,45,47-48,50,52-69H2,1-3H3/b10-7-,18-16-,24-22-,30-28-,33-32-,36-35-,39-38-,42-41-,46-44-,51-49-. The average molecular weight is 1100 g/mol. The van der Waals surface area contributed by atoms with Gasteiger partial charge in [-0.25, -0.2) is 0 Å². The lowest BCUT2D eigenvalue weighted by Crippen LogP contribution is -2.30. The van der Waals surface area contributed by atoms with Crippen LogP contribution in [0.15, 0.2) is 122 Å². The van der Waals surface area contributed by atoms with Crippen LogP contribution in [0.2, 0.25) is 0 Å². The van der Waals surface area contributed by atoms with E-state index < -0.39 is 6.10 Å². The molecule has 0 rings (SSSR count). The maximum Gasteiger partial charge on any atom is 0.306 e. The first kappa shape index (κ1) is 74.8. The molecule has 0 saturated carbocycles. The molecular weight excluding hydrogens is 973 g/mol. The summed E-state index contributed by atoms with van der Waals surface area (Å²) in [5.74, 6) is -0.913. The number of esters is 3. The fraction of sp³-hybridized carbons (Fsp3) is 0.685. The van der Waals surface area contributed by atoms with Crippen molar-refractivity contribution in [3.05, 3.63) is 122 Å². The van der Waals surface area contributed by atoms with Crippen molar-refractivity contribution in [1.29, 1.82) is 0 Å². The van der Waals surface area contributed by atoms with Gasteiger partial charge in [0.1, 0.15) is 13.2 Å². The van der Waals surface area contributed by atoms with E-state index in [0.717, 1.165) is 135 Å². The van der Waals surface area contributed by atoms with Crippen molar-refractivity contribution < 1.29 is 28.6 Å². The van der Waals surface area contributed by atoms with Crippen molar-refractivity contribution in [3.8, 4) is 0 Å². The maximum atomic E-state index is 12.8. The molecule has 6 heteroatoms. The van der Waals surface area contributed by atoms with E-state index in [0.29, 0.717) is 19.3 Å². The van der Waals surface area contributed by atoms with Crippen molar-refractivity contribution in [2.75, 3.05) is 13.2 Å². The van der Waals surface area contributed by atoms with Gasteiger partial charge in [0.2, 0.25) is 0 Å². The van der Waals surface area contributed by atoms with Gasteiger partial charge in [-0.2, -0.15) is 0 Å². The lowest BCUT2D eigenvalue weighted by atomic mass is 10.0. The zero-order valence-electron chi connectivity index (χ0n) is 51.6. The summed E-state index contributed by atoms with van der Waals surface area (Å²) in [5, 5.41) is 0. The summed E-state index contributed by atoms with van der Waals surface area (Å²) >= 11 is 0. The molecule has 0 radical (unpaired) electrons. The predicted molar refractivity (Wildman–Crippen MR) is 343 cm³/mol. The van der Waals surface area contributed by atoms with Crippen molar-refractivity contribution in [3.63, 3.8) is 0 Å². The summed E-state index contributed by atoms with van der Waals surface area (Å²) in [6.07, 6.45) is 92.5. The Morgan fingerprint density at radius 2 is 0.494 bits per heavy atom. The summed E-state index contributed by atoms with van der Waals surface area (Å²) in [4.78, 5) is 38.0. The Morgan fingerprint density at radius 3 is 0.772 bits per heavy atom. The van der Waals surface area contributed by atoms with Gasteiger partial charge in [-0.3, -0.25) is 14.4 Å². The summed E-state index contributed by atoms with van der Waals surface area (Å²) in [6, 6.07) is 0. The highest BCUT2D eigenvalue weighted by Gasteiger charge is 2.19. The smallest absolute Gasteiger partial charge is 0.306 e. The van der Waals surface area contributed by atoms with Gasteiger partial charge >= 0.3 is 17.9 Å². The van der Waals surface area contributed by atoms with E-state index in [1.165, 1.54) is 128 Å². The van der Waals surface area contributed by atoms with Crippen LogP contribution in [0.4, 0.5) is 0 Å². The molecule has 0 aliphatic rings. The van der Waals surface area contributed by atoms with Gasteiger partial charge in [0.25, 0.3) is 0 Å². The first-order valence-corrected chi connectivity index (χ1v) is 33.0. The zero-order valence-corrected chi connectivity index (χ0v) is 51.6. The lowest BCUT2D eigenvalue weighted by Gasteiger charge is -2.18. The molecule has 0 aliphatic carbocycles. The predicted octanol–water partition coefficient (Wildman–Crippen LogP) is 22.8. The van der Waals surface area contributed by atoms with Crippen LogP contribution in [0.3, 0.4) is 0 Å². The van der Waals surface area contributed by atoms with Crippen molar-refractivity contribution >= 4 is 17.9 Å². The van der Waals surface area contributed by atoms with E-state index in [-0.39, 0.29) is 31.1 Å². The van der Waals surface area contributed by atoms with Crippen LogP contribution in [0.25, 0.3) is 0 Å². The van der Waals surface area contributed by atoms with Gasteiger partial charge < -0.3 is 14.2 Å². The van der Waals surface area contributed by atoms with Crippen LogP contribution in [-0.2, 0) is 28.6 Å². The number of carbonyl (C=O) groups is 3. The van der Waals surface area contributed by atoms with Crippen molar-refractivity contribution in [2.45, 2.75) is 309 Å². The Morgan fingerprint density at radius 1 is 0.266 bits per heavy atom. The average Bonchev–Trinajstić information content (AvgIpc) is 3.45. The van der Waals surface area contributed by atoms with Crippen LogP contribution >= 0.6 is 0 Å². The minimum absolute atomic E-state index is 0.0849. The maximum absolute atomic E-state index is 12.8. The molecule has 450 valence electrons. The number of rotatable bonds is 59. The number of hydrogen-bond donors (Lipinski definition) is 0. The summed E-state index contributed by atoms with van der Waals surface area (Å²) in [7, 11) is 0. The Bertz CT molecular complexity index is 1640. The number of carbonyl (C=O) groups excluding carboxylic acids is 3. The summed E-state index contributed by atoms with van der Waals surface area (Å²) in [6.45, 7) is 6.47. The Balaban J connectivity index is 4.14. The van der Waals surface area contributed by atoms with Crippen LogP contribution in [0, 0.1) is 0 Å². The topological polar surface area (TPSA) is 78.9 Å². The summed E-state index contributed by atoms with van der Waals surface area (Å²) < 4.78 is 16.8. The molecule has 6 nitrogen and oxygen atoms in total. The third-order valence-electron chi connectivity index (χ3n) is 14.0. The van der Waals surface area contributed by atoms with Gasteiger partial charge in [-0.1, -0.05) is 309 Å². The summed E-state index contributed by atoms with van der Waals surface area (Å²) in [5.41, 5.74) is 0. The van der Waals surface area contributed by atoms with Crippen LogP contribution in [0.1, 0.15) is 303 Å². The Kier molecular flexibility index (Phi) is 62.8. The molecule has 1 unspecified atom stereocenters. The van der Waals surface area contributed by atoms with Crippen LogP contribution in [0.5, 0.6) is 0 Å². The molecule has 0 aliphatic heterocycles. The molecule has 0 aromatic heterocycles. The molecule has 1 atom stereocenters. The fourth-order valence-corrected chi connectivity index (χ4v) is 9.06. The normalized spacial score (nSPS) is 12.9. The SMILES string of the molecule is CC/C=C\C/C=C\C/C=C\C/C=C\C/C=C\C/C=C\C/C=C\C/C=C\C/C=C\C/C=C\CCCCCCC(=O)OCC(COC(=O)CCCCCCCC)OC(=O)CCCCCCCCCCCCCCCCCCCCCC. The van der Waals surface area contributed by atoms with Crippen LogP contribution < -0.4 is 0 Å². The third-order valence-corrected chi connectivity index (χ3v) is 14.0. The molecule has 0 saturated heterocycles. The molecule has 0 bridgehead atoms. The minimum atomic E-state index is -0.786. The fourth-order valence-electron chi connectivity index (χ4n) is 9.06. The number of unbranched alkanes of at least 4 members (excludes halogenated alkanes) is 28. The zero-order chi connectivity index (χ0) is 57.1. The number of ether oxygens (including phenoxy) is 3. The second-order valence-electron chi connectivity index (χ2n) is 21.7. The molecule has 79 heavy (non-hydrogen) atoms. The van der Waals surface area contributed by atoms with E-state index in [1.54, 1.807) is 0 Å². The van der Waals surface area contributed by atoms with Crippen LogP contribution in [-0.4, -0.2) is 37.2 Å². The van der Waals surface area contributed by atoms with Gasteiger partial charge in [0, 0.05) is 19.3 Å². The van der Waals surface area contributed by atoms with E-state index in [2.05, 4.69) is 142 Å². The molecule has 0 aromatic carbocycles. The van der Waals surface area contributed by atoms with E-state index >= 15 is 0 Å². The minimum Gasteiger partial charge on any atom is -0.462 e. The second-order valence-corrected chi connectivity index (χ2v) is 21.7. The van der Waals surface area contributed by atoms with Crippen molar-refractivity contribution in [2.24, 2.45) is 0 Å².